The third-order valence-electron chi connectivity index (χ3n) is 3.44. The third kappa shape index (κ3) is 4.02. The quantitative estimate of drug-likeness (QED) is 0.839. The van der Waals surface area contributed by atoms with Crippen LogP contribution in [0.15, 0.2) is 48.5 Å². The summed E-state index contributed by atoms with van der Waals surface area (Å²) in [5.41, 5.74) is 5.13. The van der Waals surface area contributed by atoms with Crippen molar-refractivity contribution in [1.29, 1.82) is 0 Å². The molecule has 0 saturated carbocycles. The molecule has 0 fully saturated rings. The Kier molecular flexibility index (Phi) is 5.05. The van der Waals surface area contributed by atoms with Gasteiger partial charge in [0, 0.05) is 32.0 Å². The summed E-state index contributed by atoms with van der Waals surface area (Å²) >= 11 is 0. The minimum absolute atomic E-state index is 0.862. The number of rotatable bonds is 6. The minimum Gasteiger partial charge on any atom is -0.381 e. The Morgan fingerprint density at radius 3 is 2.00 bits per heavy atom. The van der Waals surface area contributed by atoms with Gasteiger partial charge in [0.1, 0.15) is 0 Å². The van der Waals surface area contributed by atoms with Crippen LogP contribution in [-0.2, 0) is 13.0 Å². The van der Waals surface area contributed by atoms with E-state index in [9.17, 15) is 0 Å². The van der Waals surface area contributed by atoms with Crippen molar-refractivity contribution >= 4 is 11.4 Å². The van der Waals surface area contributed by atoms with E-state index in [1.807, 2.05) is 0 Å². The summed E-state index contributed by atoms with van der Waals surface area (Å²) < 4.78 is 0. The van der Waals surface area contributed by atoms with E-state index in [1.54, 1.807) is 0 Å². The molecule has 0 aliphatic rings. The lowest BCUT2D eigenvalue weighted by atomic mass is 10.1. The lowest BCUT2D eigenvalue weighted by Crippen LogP contribution is -2.08. The van der Waals surface area contributed by atoms with Crippen LogP contribution in [0.5, 0.6) is 0 Å². The molecule has 1 N–H and O–H groups in total. The van der Waals surface area contributed by atoms with Gasteiger partial charge >= 0.3 is 0 Å². The standard InChI is InChI=1S/C18H24N2/c1-4-5-15-6-10-17(11-7-15)19-14-16-8-12-18(13-9-16)20(2)3/h6-13,19H,4-5,14H2,1-3H3. The van der Waals surface area contributed by atoms with E-state index >= 15 is 0 Å². The van der Waals surface area contributed by atoms with E-state index in [0.29, 0.717) is 0 Å². The number of nitrogens with zero attached hydrogens (tertiary/aromatic N) is 1. The molecule has 0 spiro atoms. The van der Waals surface area contributed by atoms with Crippen molar-refractivity contribution in [2.24, 2.45) is 0 Å². The topological polar surface area (TPSA) is 15.3 Å². The number of hydrogen-bond acceptors (Lipinski definition) is 2. The largest absolute Gasteiger partial charge is 0.381 e. The van der Waals surface area contributed by atoms with Gasteiger partial charge in [-0.05, 0) is 41.8 Å². The molecule has 2 nitrogen and oxygen atoms in total. The van der Waals surface area contributed by atoms with Crippen molar-refractivity contribution in [2.75, 3.05) is 24.3 Å². The second-order valence-electron chi connectivity index (χ2n) is 5.36. The molecule has 0 unspecified atom stereocenters. The number of aryl methyl sites for hydroxylation is 1. The zero-order valence-corrected chi connectivity index (χ0v) is 12.7. The van der Waals surface area contributed by atoms with E-state index in [4.69, 9.17) is 0 Å². The highest BCUT2D eigenvalue weighted by Gasteiger charge is 1.97. The summed E-state index contributed by atoms with van der Waals surface area (Å²) in [6, 6.07) is 17.4. The SMILES string of the molecule is CCCc1ccc(NCc2ccc(N(C)C)cc2)cc1. The van der Waals surface area contributed by atoms with Crippen molar-refractivity contribution in [2.45, 2.75) is 26.3 Å². The van der Waals surface area contributed by atoms with Gasteiger partial charge in [-0.25, -0.2) is 0 Å². The van der Waals surface area contributed by atoms with E-state index < -0.39 is 0 Å². The summed E-state index contributed by atoms with van der Waals surface area (Å²) in [6.45, 7) is 3.07. The lowest BCUT2D eigenvalue weighted by molar-refractivity contribution is 0.922. The second-order valence-corrected chi connectivity index (χ2v) is 5.36. The fourth-order valence-corrected chi connectivity index (χ4v) is 2.19. The first-order valence-corrected chi connectivity index (χ1v) is 7.28. The van der Waals surface area contributed by atoms with Crippen LogP contribution in [0.4, 0.5) is 11.4 Å². The normalized spacial score (nSPS) is 10.3. The summed E-state index contributed by atoms with van der Waals surface area (Å²) in [5.74, 6) is 0. The molecule has 20 heavy (non-hydrogen) atoms. The van der Waals surface area contributed by atoms with Gasteiger partial charge in [0.15, 0.2) is 0 Å². The zero-order chi connectivity index (χ0) is 14.4. The molecular weight excluding hydrogens is 244 g/mol. The Balaban J connectivity index is 1.91. The highest BCUT2D eigenvalue weighted by molar-refractivity contribution is 5.48. The number of hydrogen-bond donors (Lipinski definition) is 1. The molecule has 106 valence electrons. The zero-order valence-electron chi connectivity index (χ0n) is 12.7. The first kappa shape index (κ1) is 14.4. The van der Waals surface area contributed by atoms with Crippen molar-refractivity contribution in [3.05, 3.63) is 59.7 Å². The smallest absolute Gasteiger partial charge is 0.0400 e. The highest BCUT2D eigenvalue weighted by Crippen LogP contribution is 2.15. The summed E-state index contributed by atoms with van der Waals surface area (Å²) in [5, 5.41) is 3.47. The number of nitrogens with one attached hydrogen (secondary N) is 1. The molecular formula is C18H24N2. The maximum Gasteiger partial charge on any atom is 0.0400 e. The van der Waals surface area contributed by atoms with Gasteiger partial charge in [-0.2, -0.15) is 0 Å². The molecule has 2 aromatic carbocycles. The van der Waals surface area contributed by atoms with Crippen LogP contribution in [0.25, 0.3) is 0 Å². The molecule has 0 heterocycles. The number of anilines is 2. The van der Waals surface area contributed by atoms with Gasteiger partial charge in [0.05, 0.1) is 0 Å². The van der Waals surface area contributed by atoms with Gasteiger partial charge in [-0.3, -0.25) is 0 Å². The Morgan fingerprint density at radius 1 is 0.850 bits per heavy atom. The summed E-state index contributed by atoms with van der Waals surface area (Å²) in [7, 11) is 4.12. The van der Waals surface area contributed by atoms with Crippen LogP contribution in [-0.4, -0.2) is 14.1 Å². The average Bonchev–Trinajstić information content (AvgIpc) is 2.47. The molecule has 0 atom stereocenters. The predicted octanol–water partition coefficient (Wildman–Crippen LogP) is 4.32. The number of benzene rings is 2. The van der Waals surface area contributed by atoms with Crippen LogP contribution in [0.2, 0.25) is 0 Å². The first-order valence-electron chi connectivity index (χ1n) is 7.28. The fraction of sp³-hybridized carbons (Fsp3) is 0.333. The van der Waals surface area contributed by atoms with Crippen LogP contribution in [0.3, 0.4) is 0 Å². The molecule has 0 amide bonds. The molecule has 0 radical (unpaired) electrons. The van der Waals surface area contributed by atoms with E-state index in [2.05, 4.69) is 79.8 Å². The average molecular weight is 268 g/mol. The van der Waals surface area contributed by atoms with Gasteiger partial charge < -0.3 is 10.2 Å². The van der Waals surface area contributed by atoms with E-state index in [1.165, 1.54) is 28.9 Å². The Labute approximate surface area is 122 Å². The maximum absolute atomic E-state index is 3.47. The lowest BCUT2D eigenvalue weighted by Gasteiger charge is -2.13. The predicted molar refractivity (Wildman–Crippen MR) is 88.5 cm³/mol. The van der Waals surface area contributed by atoms with Crippen molar-refractivity contribution in [3.8, 4) is 0 Å². The Morgan fingerprint density at radius 2 is 1.45 bits per heavy atom. The third-order valence-corrected chi connectivity index (χ3v) is 3.44. The Hall–Kier alpha value is -1.96. The maximum atomic E-state index is 3.47. The Bertz CT molecular complexity index is 512. The van der Waals surface area contributed by atoms with Crippen LogP contribution >= 0.6 is 0 Å². The monoisotopic (exact) mass is 268 g/mol. The fourth-order valence-electron chi connectivity index (χ4n) is 2.19. The molecule has 0 aliphatic heterocycles. The van der Waals surface area contributed by atoms with Gasteiger partial charge in [-0.1, -0.05) is 37.6 Å². The molecule has 0 aromatic heterocycles. The molecule has 0 aliphatic carbocycles. The molecule has 2 heteroatoms. The minimum atomic E-state index is 0.862. The van der Waals surface area contributed by atoms with Crippen LogP contribution in [0, 0.1) is 0 Å². The molecule has 2 rings (SSSR count). The van der Waals surface area contributed by atoms with E-state index in [0.717, 1.165) is 13.0 Å². The highest BCUT2D eigenvalue weighted by atomic mass is 15.1. The van der Waals surface area contributed by atoms with Crippen LogP contribution < -0.4 is 10.2 Å². The van der Waals surface area contributed by atoms with Crippen LogP contribution in [0.1, 0.15) is 24.5 Å². The van der Waals surface area contributed by atoms with Gasteiger partial charge in [-0.15, -0.1) is 0 Å². The van der Waals surface area contributed by atoms with Crippen molar-refractivity contribution < 1.29 is 0 Å². The molecule has 0 bridgehead atoms. The molecule has 0 saturated heterocycles. The summed E-state index contributed by atoms with van der Waals surface area (Å²) in [6.07, 6.45) is 2.36. The van der Waals surface area contributed by atoms with Crippen molar-refractivity contribution in [3.63, 3.8) is 0 Å². The van der Waals surface area contributed by atoms with E-state index in [-0.39, 0.29) is 0 Å². The van der Waals surface area contributed by atoms with Crippen molar-refractivity contribution in [1.82, 2.24) is 0 Å². The summed E-state index contributed by atoms with van der Waals surface area (Å²) in [4.78, 5) is 2.11. The first-order chi connectivity index (χ1) is 9.69. The molecule has 2 aromatic rings. The second kappa shape index (κ2) is 6.99. The van der Waals surface area contributed by atoms with Gasteiger partial charge in [0.25, 0.3) is 0 Å². The van der Waals surface area contributed by atoms with Gasteiger partial charge in [0.2, 0.25) is 0 Å².